The zero-order valence-corrected chi connectivity index (χ0v) is 14.5. The Morgan fingerprint density at radius 3 is 2.46 bits per heavy atom. The number of alkyl halides is 3. The van der Waals surface area contributed by atoms with Gasteiger partial charge in [0.25, 0.3) is 0 Å². The minimum atomic E-state index is -4.63. The molecule has 0 spiro atoms. The lowest BCUT2D eigenvalue weighted by molar-refractivity contribution is -0.138. The third-order valence-corrected chi connectivity index (χ3v) is 4.70. The monoisotopic (exact) mass is 398 g/mol. The first-order valence-electron chi connectivity index (χ1n) is 8.55. The first-order valence-corrected chi connectivity index (χ1v) is 8.55. The largest absolute Gasteiger partial charge is 0.417 e. The fourth-order valence-corrected chi connectivity index (χ4v) is 3.23. The highest BCUT2D eigenvalue weighted by atomic mass is 19.4. The Bertz CT molecular complexity index is 995. The summed E-state index contributed by atoms with van der Waals surface area (Å²) in [6.07, 6.45) is -3.99. The number of piperazine rings is 1. The number of rotatable bonds is 3. The summed E-state index contributed by atoms with van der Waals surface area (Å²) >= 11 is 0. The second-order valence-corrected chi connectivity index (χ2v) is 6.56. The molecular formula is C18H15F5N4O. The van der Waals surface area contributed by atoms with Gasteiger partial charge in [0.1, 0.15) is 11.5 Å². The summed E-state index contributed by atoms with van der Waals surface area (Å²) in [4.78, 5) is 7.34. The van der Waals surface area contributed by atoms with E-state index in [-0.39, 0.29) is 5.82 Å². The number of fused-ring (bicyclic) bond motifs is 1. The third kappa shape index (κ3) is 3.64. The van der Waals surface area contributed by atoms with Gasteiger partial charge in [-0.15, -0.1) is 0 Å². The third-order valence-electron chi connectivity index (χ3n) is 4.70. The molecule has 1 fully saturated rings. The van der Waals surface area contributed by atoms with Gasteiger partial charge in [-0.05, 0) is 18.2 Å². The Hall–Kier alpha value is -2.75. The molecule has 2 aromatic heterocycles. The zero-order valence-electron chi connectivity index (χ0n) is 14.5. The Kier molecular flexibility index (Phi) is 4.66. The molecule has 0 saturated carbocycles. The lowest BCUT2D eigenvalue weighted by atomic mass is 10.2. The van der Waals surface area contributed by atoms with Crippen molar-refractivity contribution in [2.75, 3.05) is 31.1 Å². The number of aromatic nitrogens is 2. The molecule has 4 rings (SSSR count). The number of hydrogen-bond donors (Lipinski definition) is 0. The standard InChI is InChI=1S/C18H15F5N4O/c19-12-1-2-13-15(25-28-16(13)8-12)10-26-3-5-27(6-4-26)17-14(20)7-11(9-24-17)18(21,22)23/h1-2,7-9H,3-6,10H2. The van der Waals surface area contributed by atoms with Crippen LogP contribution < -0.4 is 4.90 Å². The van der Waals surface area contributed by atoms with Crippen LogP contribution in [0, 0.1) is 11.6 Å². The van der Waals surface area contributed by atoms with E-state index >= 15 is 0 Å². The summed E-state index contributed by atoms with van der Waals surface area (Å²) in [7, 11) is 0. The number of pyridine rings is 1. The normalized spacial score (nSPS) is 16.1. The first kappa shape index (κ1) is 18.6. The van der Waals surface area contributed by atoms with E-state index in [2.05, 4.69) is 15.0 Å². The average molecular weight is 398 g/mol. The summed E-state index contributed by atoms with van der Waals surface area (Å²) in [5.41, 5.74) is -0.0753. The predicted octanol–water partition coefficient (Wildman–Crippen LogP) is 3.84. The van der Waals surface area contributed by atoms with Gasteiger partial charge in [0.2, 0.25) is 0 Å². The van der Waals surface area contributed by atoms with E-state index in [0.29, 0.717) is 56.3 Å². The smallest absolute Gasteiger partial charge is 0.356 e. The van der Waals surface area contributed by atoms with Crippen molar-refractivity contribution in [1.29, 1.82) is 0 Å². The number of halogens is 5. The Labute approximate surface area is 156 Å². The molecule has 0 unspecified atom stereocenters. The van der Waals surface area contributed by atoms with Gasteiger partial charge in [0.05, 0.1) is 5.56 Å². The highest BCUT2D eigenvalue weighted by molar-refractivity contribution is 5.79. The molecule has 1 aromatic carbocycles. The molecule has 28 heavy (non-hydrogen) atoms. The van der Waals surface area contributed by atoms with Gasteiger partial charge in [0, 0.05) is 50.4 Å². The van der Waals surface area contributed by atoms with Crippen molar-refractivity contribution in [2.24, 2.45) is 0 Å². The molecule has 1 aliphatic heterocycles. The summed E-state index contributed by atoms with van der Waals surface area (Å²) in [6.45, 7) is 2.35. The van der Waals surface area contributed by atoms with Crippen molar-refractivity contribution in [3.63, 3.8) is 0 Å². The maximum Gasteiger partial charge on any atom is 0.417 e. The lowest BCUT2D eigenvalue weighted by Crippen LogP contribution is -2.46. The molecule has 0 aliphatic carbocycles. The van der Waals surface area contributed by atoms with Crippen molar-refractivity contribution in [3.8, 4) is 0 Å². The van der Waals surface area contributed by atoms with Crippen LogP contribution in [-0.2, 0) is 12.7 Å². The fourth-order valence-electron chi connectivity index (χ4n) is 3.23. The first-order chi connectivity index (χ1) is 13.3. The number of anilines is 1. The van der Waals surface area contributed by atoms with Gasteiger partial charge < -0.3 is 9.42 Å². The van der Waals surface area contributed by atoms with E-state index in [0.717, 1.165) is 5.39 Å². The summed E-state index contributed by atoms with van der Waals surface area (Å²) in [5.74, 6) is -1.49. The summed E-state index contributed by atoms with van der Waals surface area (Å²) in [5, 5.41) is 4.70. The van der Waals surface area contributed by atoms with Gasteiger partial charge >= 0.3 is 6.18 Å². The molecular weight excluding hydrogens is 383 g/mol. The maximum absolute atomic E-state index is 14.1. The molecule has 148 valence electrons. The van der Waals surface area contributed by atoms with Crippen LogP contribution in [0.5, 0.6) is 0 Å². The van der Waals surface area contributed by atoms with Gasteiger partial charge in [-0.1, -0.05) is 5.16 Å². The quantitative estimate of drug-likeness (QED) is 0.628. The maximum atomic E-state index is 14.1. The highest BCUT2D eigenvalue weighted by Crippen LogP contribution is 2.31. The van der Waals surface area contributed by atoms with Crippen LogP contribution in [0.2, 0.25) is 0 Å². The van der Waals surface area contributed by atoms with E-state index < -0.39 is 23.4 Å². The van der Waals surface area contributed by atoms with E-state index in [4.69, 9.17) is 4.52 Å². The van der Waals surface area contributed by atoms with Crippen molar-refractivity contribution >= 4 is 16.8 Å². The van der Waals surface area contributed by atoms with Crippen LogP contribution in [0.3, 0.4) is 0 Å². The van der Waals surface area contributed by atoms with Crippen molar-refractivity contribution < 1.29 is 26.5 Å². The minimum absolute atomic E-state index is 0.0880. The molecule has 5 nitrogen and oxygen atoms in total. The van der Waals surface area contributed by atoms with Crippen molar-refractivity contribution in [2.45, 2.75) is 12.7 Å². The Morgan fingerprint density at radius 2 is 1.79 bits per heavy atom. The minimum Gasteiger partial charge on any atom is -0.356 e. The molecule has 10 heteroatoms. The molecule has 0 bridgehead atoms. The van der Waals surface area contributed by atoms with Crippen LogP contribution in [0.1, 0.15) is 11.3 Å². The van der Waals surface area contributed by atoms with Crippen LogP contribution >= 0.6 is 0 Å². The average Bonchev–Trinajstić information content (AvgIpc) is 3.03. The lowest BCUT2D eigenvalue weighted by Gasteiger charge is -2.35. The van der Waals surface area contributed by atoms with E-state index in [1.165, 1.54) is 12.1 Å². The molecule has 1 saturated heterocycles. The SMILES string of the molecule is Fc1ccc2c(CN3CCN(c4ncc(C(F)(F)F)cc4F)CC3)noc2c1. The van der Waals surface area contributed by atoms with Crippen LogP contribution in [0.25, 0.3) is 11.0 Å². The second-order valence-electron chi connectivity index (χ2n) is 6.56. The second kappa shape index (κ2) is 7.01. The van der Waals surface area contributed by atoms with E-state index in [1.54, 1.807) is 11.0 Å². The molecule has 1 aliphatic rings. The van der Waals surface area contributed by atoms with Gasteiger partial charge in [-0.25, -0.2) is 13.8 Å². The number of benzene rings is 1. The van der Waals surface area contributed by atoms with Crippen LogP contribution in [0.4, 0.5) is 27.8 Å². The number of nitrogens with zero attached hydrogens (tertiary/aromatic N) is 4. The van der Waals surface area contributed by atoms with Gasteiger partial charge in [-0.2, -0.15) is 13.2 Å². The molecule has 0 N–H and O–H groups in total. The van der Waals surface area contributed by atoms with Crippen molar-refractivity contribution in [3.05, 3.63) is 53.4 Å². The molecule has 0 radical (unpaired) electrons. The van der Waals surface area contributed by atoms with Crippen molar-refractivity contribution in [1.82, 2.24) is 15.0 Å². The molecule has 0 atom stereocenters. The van der Waals surface area contributed by atoms with E-state index in [1.807, 2.05) is 0 Å². The van der Waals surface area contributed by atoms with Gasteiger partial charge in [-0.3, -0.25) is 4.90 Å². The zero-order chi connectivity index (χ0) is 19.9. The number of hydrogen-bond acceptors (Lipinski definition) is 5. The topological polar surface area (TPSA) is 45.4 Å². The molecule has 0 amide bonds. The predicted molar refractivity (Wildman–Crippen MR) is 90.7 cm³/mol. The summed E-state index contributed by atoms with van der Waals surface area (Å²) in [6, 6.07) is 4.67. The van der Waals surface area contributed by atoms with Gasteiger partial charge in [0.15, 0.2) is 17.2 Å². The molecule has 3 aromatic rings. The van der Waals surface area contributed by atoms with Crippen LogP contribution in [-0.4, -0.2) is 41.2 Å². The summed E-state index contributed by atoms with van der Waals surface area (Å²) < 4.78 is 70.4. The Balaban J connectivity index is 1.42. The fraction of sp³-hybridized carbons (Fsp3) is 0.333. The highest BCUT2D eigenvalue weighted by Gasteiger charge is 2.32. The van der Waals surface area contributed by atoms with Crippen LogP contribution in [0.15, 0.2) is 35.0 Å². The molecule has 3 heterocycles. The van der Waals surface area contributed by atoms with E-state index in [9.17, 15) is 22.0 Å². The Morgan fingerprint density at radius 1 is 1.04 bits per heavy atom.